The zero-order valence-corrected chi connectivity index (χ0v) is 13.5. The van der Waals surface area contributed by atoms with E-state index in [0.717, 1.165) is 18.7 Å². The van der Waals surface area contributed by atoms with Gasteiger partial charge in [-0.05, 0) is 39.3 Å². The lowest BCUT2D eigenvalue weighted by Gasteiger charge is -2.24. The molecule has 5 nitrogen and oxygen atoms in total. The largest absolute Gasteiger partial charge is 0.491 e. The van der Waals surface area contributed by atoms with E-state index in [1.165, 1.54) is 0 Å². The van der Waals surface area contributed by atoms with E-state index in [0.29, 0.717) is 24.6 Å². The molecule has 0 saturated carbocycles. The number of carbonyl (C=O) groups is 1. The second kappa shape index (κ2) is 8.39. The number of carbonyl (C=O) groups excluding carboxylic acids is 1. The second-order valence-electron chi connectivity index (χ2n) is 5.31. The Hall–Kier alpha value is -1.91. The number of hydrogen-bond acceptors (Lipinski definition) is 4. The van der Waals surface area contributed by atoms with E-state index in [2.05, 4.69) is 12.2 Å². The van der Waals surface area contributed by atoms with Crippen LogP contribution >= 0.6 is 0 Å². The highest BCUT2D eigenvalue weighted by Crippen LogP contribution is 2.27. The predicted octanol–water partition coefficient (Wildman–Crippen LogP) is 2.41. The van der Waals surface area contributed by atoms with Gasteiger partial charge in [0.2, 0.25) is 5.91 Å². The van der Waals surface area contributed by atoms with Gasteiger partial charge in [0.15, 0.2) is 0 Å². The SMILES string of the molecule is CCCOc1cc(N(CC)CC(=O)NC(C)C)ccc1N. The first-order chi connectivity index (χ1) is 9.97. The minimum Gasteiger partial charge on any atom is -0.491 e. The molecular formula is C16H27N3O2. The molecule has 118 valence electrons. The predicted molar refractivity (Wildman–Crippen MR) is 87.8 cm³/mol. The van der Waals surface area contributed by atoms with Gasteiger partial charge in [0, 0.05) is 24.3 Å². The van der Waals surface area contributed by atoms with Crippen LogP contribution in [0.2, 0.25) is 0 Å². The molecule has 1 aromatic rings. The summed E-state index contributed by atoms with van der Waals surface area (Å²) in [5.74, 6) is 0.691. The molecule has 0 aliphatic heterocycles. The molecule has 0 radical (unpaired) electrons. The first-order valence-electron chi connectivity index (χ1n) is 7.54. The third-order valence-corrected chi connectivity index (χ3v) is 2.99. The Morgan fingerprint density at radius 2 is 2.10 bits per heavy atom. The molecule has 0 unspecified atom stereocenters. The number of nitrogens with zero attached hydrogens (tertiary/aromatic N) is 1. The van der Waals surface area contributed by atoms with E-state index in [1.54, 1.807) is 0 Å². The molecule has 0 aliphatic carbocycles. The molecule has 0 atom stereocenters. The number of ether oxygens (including phenoxy) is 1. The van der Waals surface area contributed by atoms with Crippen molar-refractivity contribution in [2.75, 3.05) is 30.3 Å². The Labute approximate surface area is 127 Å². The Kier molecular flexibility index (Phi) is 6.85. The summed E-state index contributed by atoms with van der Waals surface area (Å²) >= 11 is 0. The molecule has 0 saturated heterocycles. The highest BCUT2D eigenvalue weighted by molar-refractivity contribution is 5.81. The monoisotopic (exact) mass is 293 g/mol. The maximum atomic E-state index is 11.9. The van der Waals surface area contributed by atoms with E-state index in [-0.39, 0.29) is 11.9 Å². The molecule has 0 aliphatic rings. The number of hydrogen-bond donors (Lipinski definition) is 2. The molecule has 0 fully saturated rings. The fourth-order valence-corrected chi connectivity index (χ4v) is 1.98. The molecule has 3 N–H and O–H groups in total. The van der Waals surface area contributed by atoms with Gasteiger partial charge in [-0.2, -0.15) is 0 Å². The number of rotatable bonds is 8. The minimum absolute atomic E-state index is 0.0136. The first-order valence-corrected chi connectivity index (χ1v) is 7.54. The standard InChI is InChI=1S/C16H27N3O2/c1-5-9-21-15-10-13(7-8-14(15)17)19(6-2)11-16(20)18-12(3)4/h7-8,10,12H,5-6,9,11,17H2,1-4H3,(H,18,20). The molecular weight excluding hydrogens is 266 g/mol. The average molecular weight is 293 g/mol. The summed E-state index contributed by atoms with van der Waals surface area (Å²) in [7, 11) is 0. The van der Waals surface area contributed by atoms with Crippen LogP contribution in [-0.2, 0) is 4.79 Å². The average Bonchev–Trinajstić information content (AvgIpc) is 2.43. The Bertz CT molecular complexity index is 461. The topological polar surface area (TPSA) is 67.6 Å². The maximum absolute atomic E-state index is 11.9. The lowest BCUT2D eigenvalue weighted by Crippen LogP contribution is -2.40. The molecule has 0 spiro atoms. The van der Waals surface area contributed by atoms with Crippen molar-refractivity contribution in [2.24, 2.45) is 0 Å². The van der Waals surface area contributed by atoms with Crippen molar-refractivity contribution in [1.29, 1.82) is 0 Å². The van der Waals surface area contributed by atoms with Crippen LogP contribution in [0, 0.1) is 0 Å². The number of likely N-dealkylation sites (N-methyl/N-ethyl adjacent to an activating group) is 1. The summed E-state index contributed by atoms with van der Waals surface area (Å²) < 4.78 is 5.64. The zero-order valence-electron chi connectivity index (χ0n) is 13.5. The van der Waals surface area contributed by atoms with Crippen LogP contribution in [0.1, 0.15) is 34.1 Å². The summed E-state index contributed by atoms with van der Waals surface area (Å²) in [6.45, 7) is 9.67. The smallest absolute Gasteiger partial charge is 0.239 e. The number of amides is 1. The number of nitrogens with two attached hydrogens (primary N) is 1. The molecule has 5 heteroatoms. The molecule has 0 bridgehead atoms. The number of nitrogens with one attached hydrogen (secondary N) is 1. The van der Waals surface area contributed by atoms with Crippen molar-refractivity contribution in [2.45, 2.75) is 40.2 Å². The van der Waals surface area contributed by atoms with Crippen molar-refractivity contribution < 1.29 is 9.53 Å². The molecule has 0 heterocycles. The molecule has 1 rings (SSSR count). The van der Waals surface area contributed by atoms with Crippen molar-refractivity contribution in [3.63, 3.8) is 0 Å². The van der Waals surface area contributed by atoms with Gasteiger partial charge < -0.3 is 20.7 Å². The third kappa shape index (κ3) is 5.53. The van der Waals surface area contributed by atoms with Crippen LogP contribution in [0.3, 0.4) is 0 Å². The maximum Gasteiger partial charge on any atom is 0.239 e. The number of nitrogen functional groups attached to an aromatic ring is 1. The van der Waals surface area contributed by atoms with E-state index >= 15 is 0 Å². The normalized spacial score (nSPS) is 10.5. The van der Waals surface area contributed by atoms with Crippen molar-refractivity contribution in [1.82, 2.24) is 5.32 Å². The van der Waals surface area contributed by atoms with Gasteiger partial charge >= 0.3 is 0 Å². The van der Waals surface area contributed by atoms with Gasteiger partial charge in [0.05, 0.1) is 18.8 Å². The van der Waals surface area contributed by atoms with Gasteiger partial charge in [0.25, 0.3) is 0 Å². The zero-order chi connectivity index (χ0) is 15.8. The van der Waals surface area contributed by atoms with Gasteiger partial charge in [-0.1, -0.05) is 6.92 Å². The summed E-state index contributed by atoms with van der Waals surface area (Å²) in [5.41, 5.74) is 7.48. The van der Waals surface area contributed by atoms with Gasteiger partial charge in [0.1, 0.15) is 5.75 Å². The van der Waals surface area contributed by atoms with Crippen LogP contribution < -0.4 is 20.7 Å². The molecule has 21 heavy (non-hydrogen) atoms. The summed E-state index contributed by atoms with van der Waals surface area (Å²) in [5, 5.41) is 2.90. The van der Waals surface area contributed by atoms with E-state index < -0.39 is 0 Å². The van der Waals surface area contributed by atoms with Gasteiger partial charge in [-0.25, -0.2) is 0 Å². The van der Waals surface area contributed by atoms with Crippen LogP contribution in [0.5, 0.6) is 5.75 Å². The van der Waals surface area contributed by atoms with Crippen LogP contribution in [0.4, 0.5) is 11.4 Å². The van der Waals surface area contributed by atoms with Crippen molar-refractivity contribution >= 4 is 17.3 Å². The lowest BCUT2D eigenvalue weighted by atomic mass is 10.2. The Morgan fingerprint density at radius 1 is 1.38 bits per heavy atom. The Morgan fingerprint density at radius 3 is 2.67 bits per heavy atom. The van der Waals surface area contributed by atoms with E-state index in [1.807, 2.05) is 43.9 Å². The fourth-order valence-electron chi connectivity index (χ4n) is 1.98. The van der Waals surface area contributed by atoms with Gasteiger partial charge in [-0.15, -0.1) is 0 Å². The highest BCUT2D eigenvalue weighted by Gasteiger charge is 2.12. The van der Waals surface area contributed by atoms with Crippen LogP contribution in [-0.4, -0.2) is 31.6 Å². The van der Waals surface area contributed by atoms with Crippen molar-refractivity contribution in [3.05, 3.63) is 18.2 Å². The number of benzene rings is 1. The fraction of sp³-hybridized carbons (Fsp3) is 0.562. The molecule has 0 aromatic heterocycles. The summed E-state index contributed by atoms with van der Waals surface area (Å²) in [6, 6.07) is 5.78. The lowest BCUT2D eigenvalue weighted by molar-refractivity contribution is -0.120. The quantitative estimate of drug-likeness (QED) is 0.722. The summed E-state index contributed by atoms with van der Waals surface area (Å²) in [4.78, 5) is 13.9. The van der Waals surface area contributed by atoms with E-state index in [4.69, 9.17) is 10.5 Å². The third-order valence-electron chi connectivity index (χ3n) is 2.99. The number of anilines is 2. The van der Waals surface area contributed by atoms with Crippen LogP contribution in [0.25, 0.3) is 0 Å². The molecule has 1 aromatic carbocycles. The van der Waals surface area contributed by atoms with Gasteiger partial charge in [-0.3, -0.25) is 4.79 Å². The minimum atomic E-state index is 0.0136. The van der Waals surface area contributed by atoms with Crippen molar-refractivity contribution in [3.8, 4) is 5.75 Å². The second-order valence-corrected chi connectivity index (χ2v) is 5.31. The highest BCUT2D eigenvalue weighted by atomic mass is 16.5. The summed E-state index contributed by atoms with van der Waals surface area (Å²) in [6.07, 6.45) is 0.929. The Balaban J connectivity index is 2.82. The molecule has 1 amide bonds. The van der Waals surface area contributed by atoms with Crippen LogP contribution in [0.15, 0.2) is 18.2 Å². The first kappa shape index (κ1) is 17.1. The van der Waals surface area contributed by atoms with E-state index in [9.17, 15) is 4.79 Å².